The number of furan rings is 1. The maximum atomic E-state index is 9.56. The van der Waals surface area contributed by atoms with E-state index in [1.807, 2.05) is 0 Å². The van der Waals surface area contributed by atoms with Crippen LogP contribution in [0, 0.1) is 0 Å². The molecule has 3 aromatic heterocycles. The second-order valence-corrected chi connectivity index (χ2v) is 7.83. The van der Waals surface area contributed by atoms with Gasteiger partial charge in [0.25, 0.3) is 0 Å². The van der Waals surface area contributed by atoms with Crippen molar-refractivity contribution in [2.24, 2.45) is 0 Å². The Balaban J connectivity index is 1.67. The maximum Gasteiger partial charge on any atom is 0.238 e. The lowest BCUT2D eigenvalue weighted by atomic mass is 10.1. The summed E-state index contributed by atoms with van der Waals surface area (Å²) in [6.45, 7) is 0. The number of aromatic nitrogens is 4. The quantitative estimate of drug-likeness (QED) is 0.241. The number of fused-ring (bicyclic) bond motifs is 6. The lowest BCUT2D eigenvalue weighted by molar-refractivity contribution is 0.669. The molecule has 0 saturated heterocycles. The Morgan fingerprint density at radius 2 is 1.11 bits per heavy atom. The van der Waals surface area contributed by atoms with Gasteiger partial charge in [-0.25, -0.2) is 4.98 Å². The van der Waals surface area contributed by atoms with E-state index in [-0.39, 0.29) is 21.5 Å². The van der Waals surface area contributed by atoms with Crippen LogP contribution in [0.4, 0.5) is 0 Å². The van der Waals surface area contributed by atoms with Crippen molar-refractivity contribution in [3.8, 4) is 28.7 Å². The molecular weight excluding hydrogens is 468 g/mol. The van der Waals surface area contributed by atoms with E-state index < -0.39 is 172 Å². The van der Waals surface area contributed by atoms with Gasteiger partial charge in [-0.3, -0.25) is 4.57 Å². The van der Waals surface area contributed by atoms with Gasteiger partial charge in [-0.15, -0.1) is 0 Å². The van der Waals surface area contributed by atoms with Gasteiger partial charge in [0.15, 0.2) is 11.6 Å². The molecule has 0 unspecified atom stereocenters. The predicted molar refractivity (Wildman–Crippen MR) is 152 cm³/mol. The first-order chi connectivity index (χ1) is 27.1. The van der Waals surface area contributed by atoms with Gasteiger partial charge in [-0.05, 0) is 24.2 Å². The van der Waals surface area contributed by atoms with Crippen LogP contribution in [0.2, 0.25) is 0 Å². The van der Waals surface area contributed by atoms with Crippen molar-refractivity contribution >= 4 is 43.7 Å². The molecule has 0 N–H and O–H groups in total. The molecule has 3 heterocycles. The molecule has 8 rings (SSSR count). The number of para-hydroxylation sites is 2. The zero-order chi connectivity index (χ0) is 42.5. The molecule has 0 fully saturated rings. The van der Waals surface area contributed by atoms with Gasteiger partial charge in [-0.1, -0.05) is 96.7 Å². The Labute approximate surface area is 245 Å². The van der Waals surface area contributed by atoms with E-state index in [9.17, 15) is 2.74 Å². The molecule has 0 aliphatic heterocycles. The second kappa shape index (κ2) is 8.11. The van der Waals surface area contributed by atoms with Gasteiger partial charge in [0.05, 0.1) is 38.4 Å². The summed E-state index contributed by atoms with van der Waals surface area (Å²) in [6.07, 6.45) is 0. The first kappa shape index (κ1) is 9.23. The molecule has 38 heavy (non-hydrogen) atoms. The molecule has 0 amide bonds. The summed E-state index contributed by atoms with van der Waals surface area (Å²) >= 11 is 0. The summed E-state index contributed by atoms with van der Waals surface area (Å²) in [5.41, 5.74) is -3.04. The van der Waals surface area contributed by atoms with Crippen molar-refractivity contribution in [1.29, 1.82) is 0 Å². The number of hydrogen-bond acceptors (Lipinski definition) is 4. The monoisotopic (exact) mass is 508 g/mol. The number of benzene rings is 5. The third-order valence-corrected chi connectivity index (χ3v) is 5.69. The molecule has 0 aliphatic rings. The summed E-state index contributed by atoms with van der Waals surface area (Å²) in [6, 6.07) is -15.1. The number of rotatable bonds is 3. The first-order valence-corrected chi connectivity index (χ1v) is 10.9. The molecule has 178 valence electrons. The minimum atomic E-state index is -0.824. The fourth-order valence-electron chi connectivity index (χ4n) is 4.11. The highest BCUT2D eigenvalue weighted by molar-refractivity contribution is 6.16. The van der Waals surface area contributed by atoms with Gasteiger partial charge < -0.3 is 4.42 Å². The van der Waals surface area contributed by atoms with Gasteiger partial charge in [0, 0.05) is 32.7 Å². The Morgan fingerprint density at radius 1 is 0.500 bits per heavy atom. The van der Waals surface area contributed by atoms with E-state index in [0.717, 1.165) is 4.57 Å². The van der Waals surface area contributed by atoms with E-state index >= 15 is 0 Å². The van der Waals surface area contributed by atoms with Crippen molar-refractivity contribution < 1.29 is 31.8 Å². The smallest absolute Gasteiger partial charge is 0.238 e. The van der Waals surface area contributed by atoms with Crippen LogP contribution >= 0.6 is 0 Å². The molecule has 0 aliphatic carbocycles. The average molecular weight is 509 g/mol. The summed E-state index contributed by atoms with van der Waals surface area (Å²) in [5.74, 6) is -2.17. The Morgan fingerprint density at radius 3 is 1.82 bits per heavy atom. The third-order valence-electron chi connectivity index (χ3n) is 5.69. The van der Waals surface area contributed by atoms with E-state index in [2.05, 4.69) is 15.0 Å². The molecule has 5 aromatic carbocycles. The summed E-state index contributed by atoms with van der Waals surface area (Å²) in [7, 11) is 0. The van der Waals surface area contributed by atoms with Gasteiger partial charge in [-0.2, -0.15) is 9.97 Å². The predicted octanol–water partition coefficient (Wildman–Crippen LogP) is 8.20. The molecule has 5 heteroatoms. The lowest BCUT2D eigenvalue weighted by Crippen LogP contribution is -2.06. The van der Waals surface area contributed by atoms with E-state index in [1.54, 1.807) is 0 Å². The van der Waals surface area contributed by atoms with Crippen LogP contribution in [-0.2, 0) is 0 Å². The van der Waals surface area contributed by atoms with Crippen LogP contribution in [0.25, 0.3) is 72.5 Å². The standard InChI is InChI=1S/C33H20N4O/c1-3-11-21(12-4-1)31-34-32(22-13-5-2-6-14-22)36-33(35-31)37-27-17-9-7-15-23(27)25-20-30-26(19-28(25)37)24-16-8-10-18-29(24)38-30/h1-20H/i1D,2D,3D,4D,5D,6D,7D,8D,9D,10D,11D,12D,13D,14D,15D,16D,17D,18D,19D,20D. The minimum Gasteiger partial charge on any atom is -0.456 e. The minimum absolute atomic E-state index is 0.312. The van der Waals surface area contributed by atoms with Gasteiger partial charge in [0.1, 0.15) is 11.2 Å². The van der Waals surface area contributed by atoms with Gasteiger partial charge in [0.2, 0.25) is 5.95 Å². The van der Waals surface area contributed by atoms with Crippen molar-refractivity contribution in [3.63, 3.8) is 0 Å². The van der Waals surface area contributed by atoms with Crippen molar-refractivity contribution in [3.05, 3.63) is 121 Å². The highest BCUT2D eigenvalue weighted by Crippen LogP contribution is 2.38. The third kappa shape index (κ3) is 3.15. The molecule has 0 radical (unpaired) electrons. The van der Waals surface area contributed by atoms with Crippen LogP contribution in [0.15, 0.2) is 125 Å². The van der Waals surface area contributed by atoms with Crippen LogP contribution in [0.3, 0.4) is 0 Å². The topological polar surface area (TPSA) is 56.7 Å². The fourth-order valence-corrected chi connectivity index (χ4v) is 4.11. The molecule has 5 nitrogen and oxygen atoms in total. The molecular formula is C33H20N4O. The van der Waals surface area contributed by atoms with E-state index in [4.69, 9.17) is 29.1 Å². The van der Waals surface area contributed by atoms with Crippen LogP contribution in [0.1, 0.15) is 27.4 Å². The SMILES string of the molecule is [2H]c1c([2H])c([2H])c(-c2nc(-c3c([2H])c([2H])c([2H])c([2H])c3[2H])nc(-n3c4c([2H])c([2H])c([2H])c([2H])c4c4c([2H])c5oc6c([2H])c([2H])c([2H])c([2H])c6c5c([2H])c43)n2)c([2H])c1[2H]. The van der Waals surface area contributed by atoms with Crippen LogP contribution < -0.4 is 0 Å². The molecule has 8 aromatic rings. The average Bonchev–Trinajstić information content (AvgIpc) is 3.79. The van der Waals surface area contributed by atoms with E-state index in [0.29, 0.717) is 0 Å². The zero-order valence-electron chi connectivity index (χ0n) is 38.7. The van der Waals surface area contributed by atoms with Crippen molar-refractivity contribution in [2.75, 3.05) is 0 Å². The number of nitrogens with zero attached hydrogens (tertiary/aromatic N) is 4. The summed E-state index contributed by atoms with van der Waals surface area (Å²) in [5, 5.41) is -1.38. The summed E-state index contributed by atoms with van der Waals surface area (Å²) in [4.78, 5) is 13.0. The number of hydrogen-bond donors (Lipinski definition) is 0. The Kier molecular flexibility index (Phi) is 1.97. The lowest BCUT2D eigenvalue weighted by Gasteiger charge is -2.10. The van der Waals surface area contributed by atoms with E-state index in [1.165, 1.54) is 0 Å². The highest BCUT2D eigenvalue weighted by atomic mass is 16.3. The Hall–Kier alpha value is -5.29. The molecule has 0 bridgehead atoms. The largest absolute Gasteiger partial charge is 0.456 e. The highest BCUT2D eigenvalue weighted by Gasteiger charge is 2.19. The summed E-state index contributed by atoms with van der Waals surface area (Å²) < 4.78 is 178. The second-order valence-electron chi connectivity index (χ2n) is 7.83. The van der Waals surface area contributed by atoms with Gasteiger partial charge >= 0.3 is 0 Å². The maximum absolute atomic E-state index is 9.56. The van der Waals surface area contributed by atoms with Crippen molar-refractivity contribution in [2.45, 2.75) is 0 Å². The van der Waals surface area contributed by atoms with Crippen LogP contribution in [0.5, 0.6) is 0 Å². The fraction of sp³-hybridized carbons (Fsp3) is 0. The molecule has 0 saturated carbocycles. The first-order valence-electron chi connectivity index (χ1n) is 20.9. The molecule has 0 spiro atoms. The molecule has 0 atom stereocenters. The Bertz CT molecular complexity index is 3100. The zero-order valence-corrected chi connectivity index (χ0v) is 18.7. The normalized spacial score (nSPS) is 19.1. The van der Waals surface area contributed by atoms with Crippen LogP contribution in [-0.4, -0.2) is 19.5 Å². The van der Waals surface area contributed by atoms with Crippen molar-refractivity contribution in [1.82, 2.24) is 19.5 Å².